The molecular formula is C22H27F6N7O4S. The van der Waals surface area contributed by atoms with Crippen molar-refractivity contribution >= 4 is 23.3 Å². The van der Waals surface area contributed by atoms with E-state index in [-0.39, 0.29) is 0 Å². The number of carboxylic acid groups (broad SMARTS) is 2. The first-order valence-corrected chi connectivity index (χ1v) is 12.4. The normalized spacial score (nSPS) is 15.0. The summed E-state index contributed by atoms with van der Waals surface area (Å²) in [4.78, 5) is 24.7. The molecule has 3 aromatic heterocycles. The van der Waals surface area contributed by atoms with E-state index in [2.05, 4.69) is 43.1 Å². The Morgan fingerprint density at radius 1 is 1.07 bits per heavy atom. The van der Waals surface area contributed by atoms with Gasteiger partial charge in [-0.15, -0.1) is 16.4 Å². The summed E-state index contributed by atoms with van der Waals surface area (Å²) in [6.45, 7) is 6.96. The molecule has 0 unspecified atom stereocenters. The fourth-order valence-electron chi connectivity index (χ4n) is 3.39. The third kappa shape index (κ3) is 9.91. The number of carboxylic acids is 2. The van der Waals surface area contributed by atoms with Crippen molar-refractivity contribution in [2.75, 3.05) is 13.1 Å². The highest BCUT2D eigenvalue weighted by Gasteiger charge is 2.38. The minimum atomic E-state index is -5.08. The zero-order valence-electron chi connectivity index (χ0n) is 21.2. The monoisotopic (exact) mass is 599 g/mol. The van der Waals surface area contributed by atoms with Crippen LogP contribution in [0.1, 0.15) is 44.1 Å². The fourth-order valence-corrected chi connectivity index (χ4v) is 4.04. The minimum absolute atomic E-state index is 0.403. The number of aromatic nitrogens is 5. The second-order valence-corrected chi connectivity index (χ2v) is 9.98. The second-order valence-electron chi connectivity index (χ2n) is 9.10. The largest absolute Gasteiger partial charge is 0.490 e. The summed E-state index contributed by atoms with van der Waals surface area (Å²) in [7, 11) is 0. The fraction of sp³-hybridized carbons (Fsp3) is 0.500. The molecule has 18 heteroatoms. The summed E-state index contributed by atoms with van der Waals surface area (Å²) in [6, 6.07) is 4.68. The molecule has 1 fully saturated rings. The number of piperidine rings is 1. The Labute approximate surface area is 227 Å². The molecule has 0 aliphatic carbocycles. The summed E-state index contributed by atoms with van der Waals surface area (Å²) >= 11 is 1.66. The van der Waals surface area contributed by atoms with Crippen LogP contribution in [0.3, 0.4) is 0 Å². The van der Waals surface area contributed by atoms with E-state index in [4.69, 9.17) is 25.5 Å². The Hall–Kier alpha value is -3.51. The highest BCUT2D eigenvalue weighted by Crippen LogP contribution is 2.25. The predicted octanol–water partition coefficient (Wildman–Crippen LogP) is 3.82. The van der Waals surface area contributed by atoms with Gasteiger partial charge in [0.1, 0.15) is 5.69 Å². The number of aliphatic carboxylic acids is 2. The van der Waals surface area contributed by atoms with Crippen molar-refractivity contribution in [1.29, 1.82) is 0 Å². The van der Waals surface area contributed by atoms with Crippen LogP contribution in [0.4, 0.5) is 26.3 Å². The number of carbonyl (C=O) groups is 2. The standard InChI is InChI=1S/C18H25N7S.2C2HF3O2/c1-18(2,19)16-13-25(22-21-16)14-5-9-23(10-6-14)12-15-4-3-8-24(15)17-20-7-11-26-17;2*3-2(4,5)1(6)7/h3-4,7-8,11,13-14H,5-6,9-10,12,19H2,1-2H3;2*(H,6,7). The van der Waals surface area contributed by atoms with Gasteiger partial charge in [-0.3, -0.25) is 9.47 Å². The van der Waals surface area contributed by atoms with E-state index in [1.54, 1.807) is 11.3 Å². The van der Waals surface area contributed by atoms with E-state index in [0.29, 0.717) is 6.04 Å². The smallest absolute Gasteiger partial charge is 0.475 e. The van der Waals surface area contributed by atoms with Crippen molar-refractivity contribution in [3.05, 3.63) is 47.5 Å². The molecule has 222 valence electrons. The first-order chi connectivity index (χ1) is 18.4. The van der Waals surface area contributed by atoms with E-state index in [9.17, 15) is 26.3 Å². The highest BCUT2D eigenvalue weighted by molar-refractivity contribution is 7.12. The van der Waals surface area contributed by atoms with Crippen molar-refractivity contribution in [2.45, 2.75) is 57.2 Å². The summed E-state index contributed by atoms with van der Waals surface area (Å²) in [5, 5.41) is 25.9. The maximum absolute atomic E-state index is 10.6. The maximum atomic E-state index is 10.6. The van der Waals surface area contributed by atoms with E-state index >= 15 is 0 Å². The summed E-state index contributed by atoms with van der Waals surface area (Å²) in [5.41, 5.74) is 7.81. The van der Waals surface area contributed by atoms with Gasteiger partial charge in [-0.05, 0) is 38.8 Å². The minimum Gasteiger partial charge on any atom is -0.475 e. The lowest BCUT2D eigenvalue weighted by molar-refractivity contribution is -0.193. The molecule has 3 aromatic rings. The molecule has 0 saturated carbocycles. The molecular weight excluding hydrogens is 572 g/mol. The van der Waals surface area contributed by atoms with Gasteiger partial charge in [0, 0.05) is 43.1 Å². The predicted molar refractivity (Wildman–Crippen MR) is 130 cm³/mol. The molecule has 0 bridgehead atoms. The van der Waals surface area contributed by atoms with Crippen molar-refractivity contribution < 1.29 is 46.1 Å². The molecule has 4 heterocycles. The van der Waals surface area contributed by atoms with Gasteiger partial charge in [0.25, 0.3) is 0 Å². The third-order valence-electron chi connectivity index (χ3n) is 5.43. The molecule has 1 aliphatic heterocycles. The van der Waals surface area contributed by atoms with Gasteiger partial charge in [-0.25, -0.2) is 19.3 Å². The topological polar surface area (TPSA) is 152 Å². The summed E-state index contributed by atoms with van der Waals surface area (Å²) < 4.78 is 67.7. The summed E-state index contributed by atoms with van der Waals surface area (Å²) in [5.74, 6) is -5.51. The Morgan fingerprint density at radius 3 is 2.05 bits per heavy atom. The first-order valence-electron chi connectivity index (χ1n) is 11.5. The number of alkyl halides is 6. The zero-order chi connectivity index (χ0) is 30.3. The van der Waals surface area contributed by atoms with Gasteiger partial charge < -0.3 is 15.9 Å². The molecule has 0 radical (unpaired) electrons. The molecule has 40 heavy (non-hydrogen) atoms. The molecule has 0 atom stereocenters. The number of likely N-dealkylation sites (tertiary alicyclic amines) is 1. The first kappa shape index (κ1) is 32.7. The van der Waals surface area contributed by atoms with Crippen LogP contribution < -0.4 is 5.73 Å². The van der Waals surface area contributed by atoms with Crippen molar-refractivity contribution in [3.8, 4) is 5.13 Å². The third-order valence-corrected chi connectivity index (χ3v) is 6.20. The Kier molecular flexibility index (Phi) is 10.8. The van der Waals surface area contributed by atoms with E-state index in [1.165, 1.54) is 5.69 Å². The SMILES string of the molecule is CC(C)(N)c1cn(C2CCN(Cc3cccn3-c3nccs3)CC2)nn1.O=C(O)C(F)(F)F.O=C(O)C(F)(F)F. The van der Waals surface area contributed by atoms with E-state index in [0.717, 1.165) is 43.3 Å². The average molecular weight is 600 g/mol. The van der Waals surface area contributed by atoms with Crippen LogP contribution in [0, 0.1) is 0 Å². The number of hydrogen-bond acceptors (Lipinski definition) is 8. The lowest BCUT2D eigenvalue weighted by Crippen LogP contribution is -2.35. The van der Waals surface area contributed by atoms with Crippen molar-refractivity contribution in [1.82, 2.24) is 29.4 Å². The van der Waals surface area contributed by atoms with Crippen LogP contribution in [0.15, 0.2) is 36.1 Å². The maximum Gasteiger partial charge on any atom is 0.490 e. The van der Waals surface area contributed by atoms with E-state index in [1.807, 2.05) is 36.3 Å². The molecule has 0 aromatic carbocycles. The number of hydrogen-bond donors (Lipinski definition) is 3. The molecule has 1 aliphatic rings. The van der Waals surface area contributed by atoms with Crippen LogP contribution in [-0.4, -0.2) is 77.0 Å². The Morgan fingerprint density at radius 2 is 1.62 bits per heavy atom. The van der Waals surface area contributed by atoms with Crippen LogP contribution in [0.25, 0.3) is 5.13 Å². The lowest BCUT2D eigenvalue weighted by Gasteiger charge is -2.31. The van der Waals surface area contributed by atoms with Crippen LogP contribution in [0.5, 0.6) is 0 Å². The average Bonchev–Trinajstić information content (AvgIpc) is 3.60. The molecule has 0 amide bonds. The lowest BCUT2D eigenvalue weighted by atomic mass is 10.0. The van der Waals surface area contributed by atoms with Gasteiger partial charge in [-0.1, -0.05) is 5.21 Å². The zero-order valence-corrected chi connectivity index (χ0v) is 22.0. The van der Waals surface area contributed by atoms with Crippen molar-refractivity contribution in [2.24, 2.45) is 5.73 Å². The van der Waals surface area contributed by atoms with Gasteiger partial charge in [0.2, 0.25) is 0 Å². The summed E-state index contributed by atoms with van der Waals surface area (Å²) in [6.07, 6.45) is -2.07. The van der Waals surface area contributed by atoms with Crippen LogP contribution >= 0.6 is 11.3 Å². The van der Waals surface area contributed by atoms with Crippen LogP contribution in [-0.2, 0) is 21.7 Å². The number of nitrogens with zero attached hydrogens (tertiary/aromatic N) is 6. The number of nitrogens with two attached hydrogens (primary N) is 1. The van der Waals surface area contributed by atoms with Gasteiger partial charge in [0.15, 0.2) is 5.13 Å². The molecule has 11 nitrogen and oxygen atoms in total. The number of halogens is 6. The number of rotatable bonds is 5. The Bertz CT molecular complexity index is 1200. The quantitative estimate of drug-likeness (QED) is 0.372. The van der Waals surface area contributed by atoms with Gasteiger partial charge >= 0.3 is 24.3 Å². The second kappa shape index (κ2) is 13.2. The molecule has 4 rings (SSSR count). The Balaban J connectivity index is 0.000000333. The van der Waals surface area contributed by atoms with Gasteiger partial charge in [-0.2, -0.15) is 26.3 Å². The molecule has 4 N–H and O–H groups in total. The molecule has 1 saturated heterocycles. The van der Waals surface area contributed by atoms with Gasteiger partial charge in [0.05, 0.1) is 17.8 Å². The number of thiazole rings is 1. The van der Waals surface area contributed by atoms with Crippen LogP contribution in [0.2, 0.25) is 0 Å². The van der Waals surface area contributed by atoms with E-state index < -0.39 is 29.8 Å². The molecule has 0 spiro atoms. The highest BCUT2D eigenvalue weighted by atomic mass is 32.1. The van der Waals surface area contributed by atoms with Crippen molar-refractivity contribution in [3.63, 3.8) is 0 Å².